The molecule has 2 aromatic rings. The Balaban J connectivity index is 2.41. The van der Waals surface area contributed by atoms with Gasteiger partial charge < -0.3 is 15.0 Å². The van der Waals surface area contributed by atoms with Gasteiger partial charge in [0, 0.05) is 29.6 Å². The SMILES string of the molecule is COC(=O)C(N)Cc1cn(C(C)C)c2ccccc12. The summed E-state index contributed by atoms with van der Waals surface area (Å²) in [6.45, 7) is 4.27. The lowest BCUT2D eigenvalue weighted by Crippen LogP contribution is -2.33. The smallest absolute Gasteiger partial charge is 0.322 e. The number of benzene rings is 1. The quantitative estimate of drug-likeness (QED) is 0.858. The van der Waals surface area contributed by atoms with Crippen molar-refractivity contribution in [3.05, 3.63) is 36.0 Å². The van der Waals surface area contributed by atoms with E-state index >= 15 is 0 Å². The van der Waals surface area contributed by atoms with Crippen LogP contribution in [0.25, 0.3) is 10.9 Å². The third-order valence-corrected chi connectivity index (χ3v) is 3.32. The van der Waals surface area contributed by atoms with Gasteiger partial charge in [0.15, 0.2) is 0 Å². The Hall–Kier alpha value is -1.81. The first-order valence-electron chi connectivity index (χ1n) is 6.46. The molecular weight excluding hydrogens is 240 g/mol. The third-order valence-electron chi connectivity index (χ3n) is 3.32. The zero-order chi connectivity index (χ0) is 14.0. The Bertz CT molecular complexity index is 587. The van der Waals surface area contributed by atoms with Crippen LogP contribution < -0.4 is 5.73 Å². The van der Waals surface area contributed by atoms with Gasteiger partial charge in [0.1, 0.15) is 6.04 Å². The number of fused-ring (bicyclic) bond motifs is 1. The van der Waals surface area contributed by atoms with Crippen LogP contribution in [0.5, 0.6) is 0 Å². The maximum absolute atomic E-state index is 11.4. The molecule has 1 atom stereocenters. The average Bonchev–Trinajstić information content (AvgIpc) is 2.77. The lowest BCUT2D eigenvalue weighted by Gasteiger charge is -2.09. The molecule has 1 unspecified atom stereocenters. The molecular formula is C15H20N2O2. The van der Waals surface area contributed by atoms with E-state index in [9.17, 15) is 4.79 Å². The fourth-order valence-electron chi connectivity index (χ4n) is 2.34. The number of aromatic nitrogens is 1. The fourth-order valence-corrected chi connectivity index (χ4v) is 2.34. The van der Waals surface area contributed by atoms with E-state index in [4.69, 9.17) is 5.73 Å². The van der Waals surface area contributed by atoms with Crippen molar-refractivity contribution < 1.29 is 9.53 Å². The predicted molar refractivity (Wildman–Crippen MR) is 76.0 cm³/mol. The van der Waals surface area contributed by atoms with E-state index in [2.05, 4.69) is 41.5 Å². The molecule has 0 aliphatic rings. The van der Waals surface area contributed by atoms with E-state index in [1.807, 2.05) is 12.1 Å². The summed E-state index contributed by atoms with van der Waals surface area (Å²) in [5.41, 5.74) is 8.11. The lowest BCUT2D eigenvalue weighted by atomic mass is 10.1. The van der Waals surface area contributed by atoms with Gasteiger partial charge in [-0.05, 0) is 25.5 Å². The second kappa shape index (κ2) is 5.45. The van der Waals surface area contributed by atoms with Crippen molar-refractivity contribution in [2.45, 2.75) is 32.4 Å². The molecule has 4 nitrogen and oxygen atoms in total. The van der Waals surface area contributed by atoms with E-state index in [0.717, 1.165) is 10.9 Å². The van der Waals surface area contributed by atoms with Crippen LogP contribution in [0.2, 0.25) is 0 Å². The van der Waals surface area contributed by atoms with Crippen molar-refractivity contribution in [2.24, 2.45) is 5.73 Å². The van der Waals surface area contributed by atoms with Crippen LogP contribution in [-0.2, 0) is 16.0 Å². The van der Waals surface area contributed by atoms with Crippen LogP contribution in [0.3, 0.4) is 0 Å². The van der Waals surface area contributed by atoms with Gasteiger partial charge in [-0.3, -0.25) is 4.79 Å². The molecule has 1 aromatic carbocycles. The highest BCUT2D eigenvalue weighted by Crippen LogP contribution is 2.25. The monoisotopic (exact) mass is 260 g/mol. The van der Waals surface area contributed by atoms with Crippen LogP contribution in [0.1, 0.15) is 25.5 Å². The van der Waals surface area contributed by atoms with Gasteiger partial charge in [-0.2, -0.15) is 0 Å². The number of para-hydroxylation sites is 1. The van der Waals surface area contributed by atoms with Gasteiger partial charge in [0.25, 0.3) is 0 Å². The van der Waals surface area contributed by atoms with Crippen LogP contribution >= 0.6 is 0 Å². The van der Waals surface area contributed by atoms with Crippen molar-refractivity contribution in [3.63, 3.8) is 0 Å². The molecule has 0 aliphatic heterocycles. The lowest BCUT2D eigenvalue weighted by molar-refractivity contribution is -0.142. The Morgan fingerprint density at radius 3 is 2.68 bits per heavy atom. The van der Waals surface area contributed by atoms with Crippen LogP contribution in [0, 0.1) is 0 Å². The zero-order valence-corrected chi connectivity index (χ0v) is 11.6. The number of methoxy groups -OCH3 is 1. The summed E-state index contributed by atoms with van der Waals surface area (Å²) in [7, 11) is 1.36. The number of rotatable bonds is 4. The molecule has 0 spiro atoms. The predicted octanol–water partition coefficient (Wildman–Crippen LogP) is 2.26. The normalized spacial score (nSPS) is 12.9. The van der Waals surface area contributed by atoms with Crippen molar-refractivity contribution in [3.8, 4) is 0 Å². The van der Waals surface area contributed by atoms with E-state index in [1.165, 1.54) is 12.6 Å². The average molecular weight is 260 g/mol. The van der Waals surface area contributed by atoms with Crippen LogP contribution in [0.4, 0.5) is 0 Å². The fraction of sp³-hybridized carbons (Fsp3) is 0.400. The minimum absolute atomic E-state index is 0.369. The Morgan fingerprint density at radius 2 is 2.05 bits per heavy atom. The summed E-state index contributed by atoms with van der Waals surface area (Å²) in [6, 6.07) is 7.92. The van der Waals surface area contributed by atoms with Crippen molar-refractivity contribution in [1.82, 2.24) is 4.57 Å². The van der Waals surface area contributed by atoms with Crippen molar-refractivity contribution in [2.75, 3.05) is 7.11 Å². The molecule has 4 heteroatoms. The van der Waals surface area contributed by atoms with Crippen molar-refractivity contribution in [1.29, 1.82) is 0 Å². The number of carbonyl (C=O) groups is 1. The Kier molecular flexibility index (Phi) is 3.90. The molecule has 0 saturated heterocycles. The summed E-state index contributed by atoms with van der Waals surface area (Å²) in [6.07, 6.45) is 2.57. The highest BCUT2D eigenvalue weighted by Gasteiger charge is 2.18. The molecule has 1 aromatic heterocycles. The number of nitrogens with zero attached hydrogens (tertiary/aromatic N) is 1. The number of esters is 1. The molecule has 1 heterocycles. The van der Waals surface area contributed by atoms with Gasteiger partial charge in [-0.15, -0.1) is 0 Å². The third kappa shape index (κ3) is 2.63. The number of hydrogen-bond acceptors (Lipinski definition) is 3. The van der Waals surface area contributed by atoms with Gasteiger partial charge >= 0.3 is 5.97 Å². The van der Waals surface area contributed by atoms with E-state index in [1.54, 1.807) is 0 Å². The Morgan fingerprint density at radius 1 is 1.37 bits per heavy atom. The molecule has 102 valence electrons. The molecule has 0 bridgehead atoms. The van der Waals surface area contributed by atoms with E-state index in [0.29, 0.717) is 12.5 Å². The zero-order valence-electron chi connectivity index (χ0n) is 11.6. The molecule has 0 aliphatic carbocycles. The molecule has 2 N–H and O–H groups in total. The van der Waals surface area contributed by atoms with Gasteiger partial charge in [-0.1, -0.05) is 18.2 Å². The first-order valence-corrected chi connectivity index (χ1v) is 6.46. The van der Waals surface area contributed by atoms with Crippen molar-refractivity contribution >= 4 is 16.9 Å². The summed E-state index contributed by atoms with van der Waals surface area (Å²) < 4.78 is 6.88. The molecule has 0 radical (unpaired) electrons. The highest BCUT2D eigenvalue weighted by atomic mass is 16.5. The molecule has 19 heavy (non-hydrogen) atoms. The van der Waals surface area contributed by atoms with Gasteiger partial charge in [0.2, 0.25) is 0 Å². The molecule has 0 saturated carbocycles. The number of nitrogens with two attached hydrogens (primary N) is 1. The molecule has 0 fully saturated rings. The van der Waals surface area contributed by atoms with Crippen LogP contribution in [-0.4, -0.2) is 23.7 Å². The van der Waals surface area contributed by atoms with E-state index < -0.39 is 6.04 Å². The summed E-state index contributed by atoms with van der Waals surface area (Å²) in [5, 5.41) is 1.15. The summed E-state index contributed by atoms with van der Waals surface area (Å²) in [5.74, 6) is -0.374. The maximum Gasteiger partial charge on any atom is 0.322 e. The van der Waals surface area contributed by atoms with E-state index in [-0.39, 0.29) is 5.97 Å². The molecule has 0 amide bonds. The van der Waals surface area contributed by atoms with Gasteiger partial charge in [-0.25, -0.2) is 0 Å². The summed E-state index contributed by atoms with van der Waals surface area (Å²) in [4.78, 5) is 11.4. The highest BCUT2D eigenvalue weighted by molar-refractivity contribution is 5.85. The first kappa shape index (κ1) is 13.6. The number of hydrogen-bond donors (Lipinski definition) is 1. The standard InChI is InChI=1S/C15H20N2O2/c1-10(2)17-9-11(8-13(16)15(18)19-3)12-6-4-5-7-14(12)17/h4-7,9-10,13H,8,16H2,1-3H3. The number of ether oxygens (including phenoxy) is 1. The largest absolute Gasteiger partial charge is 0.468 e. The van der Waals surface area contributed by atoms with Crippen LogP contribution in [0.15, 0.2) is 30.5 Å². The molecule has 2 rings (SSSR count). The number of carbonyl (C=O) groups excluding carboxylic acids is 1. The summed E-state index contributed by atoms with van der Waals surface area (Å²) >= 11 is 0. The Labute approximate surface area is 113 Å². The minimum Gasteiger partial charge on any atom is -0.468 e. The second-order valence-corrected chi connectivity index (χ2v) is 5.01. The second-order valence-electron chi connectivity index (χ2n) is 5.01. The van der Waals surface area contributed by atoms with Gasteiger partial charge in [0.05, 0.1) is 7.11 Å². The maximum atomic E-state index is 11.4. The first-order chi connectivity index (χ1) is 9.04. The topological polar surface area (TPSA) is 57.2 Å². The minimum atomic E-state index is -0.614.